The number of aliphatic hydroxyl groups is 1. The van der Waals surface area contributed by atoms with Gasteiger partial charge in [0.1, 0.15) is 0 Å². The third-order valence-electron chi connectivity index (χ3n) is 3.43. The maximum absolute atomic E-state index is 9.10. The summed E-state index contributed by atoms with van der Waals surface area (Å²) in [5.74, 6) is 0.682. The van der Waals surface area contributed by atoms with Gasteiger partial charge in [0.25, 0.3) is 0 Å². The van der Waals surface area contributed by atoms with Gasteiger partial charge in [-0.15, -0.1) is 0 Å². The van der Waals surface area contributed by atoms with Crippen molar-refractivity contribution < 1.29 is 5.11 Å². The maximum Gasteiger partial charge on any atom is 0.0582 e. The van der Waals surface area contributed by atoms with Crippen molar-refractivity contribution in [3.63, 3.8) is 0 Å². The highest BCUT2D eigenvalue weighted by Gasteiger charge is 2.23. The second kappa shape index (κ2) is 6.92. The van der Waals surface area contributed by atoms with Crippen molar-refractivity contribution >= 4 is 0 Å². The quantitative estimate of drug-likeness (QED) is 0.647. The molecule has 3 nitrogen and oxygen atoms in total. The van der Waals surface area contributed by atoms with Gasteiger partial charge in [-0.2, -0.15) is 0 Å². The largest absolute Gasteiger partial charge is 0.402 e. The van der Waals surface area contributed by atoms with E-state index in [0.717, 1.165) is 18.5 Å². The monoisotopic (exact) mass is 226 g/mol. The molecule has 0 bridgehead atoms. The van der Waals surface area contributed by atoms with Crippen LogP contribution < -0.4 is 11.1 Å². The molecular weight excluding hydrogens is 200 g/mol. The van der Waals surface area contributed by atoms with Crippen molar-refractivity contribution in [2.75, 3.05) is 6.61 Å². The lowest BCUT2D eigenvalue weighted by Gasteiger charge is -2.31. The van der Waals surface area contributed by atoms with Crippen LogP contribution >= 0.6 is 0 Å². The third kappa shape index (κ3) is 4.14. The lowest BCUT2D eigenvalue weighted by molar-refractivity contribution is 0.212. The van der Waals surface area contributed by atoms with Crippen LogP contribution in [-0.2, 0) is 0 Å². The summed E-state index contributed by atoms with van der Waals surface area (Å²) in [5, 5.41) is 12.6. The van der Waals surface area contributed by atoms with Gasteiger partial charge in [-0.3, -0.25) is 0 Å². The van der Waals surface area contributed by atoms with Crippen LogP contribution in [0.4, 0.5) is 0 Å². The Hall–Kier alpha value is -0.540. The molecule has 0 radical (unpaired) electrons. The van der Waals surface area contributed by atoms with Gasteiger partial charge in [-0.25, -0.2) is 0 Å². The number of aliphatic hydroxyl groups excluding tert-OH is 1. The topological polar surface area (TPSA) is 58.3 Å². The Morgan fingerprint density at radius 3 is 2.88 bits per heavy atom. The highest BCUT2D eigenvalue weighted by atomic mass is 16.3. The first-order chi connectivity index (χ1) is 7.67. The molecule has 16 heavy (non-hydrogen) atoms. The average Bonchev–Trinajstić information content (AvgIpc) is 2.29. The molecule has 0 aromatic heterocycles. The van der Waals surface area contributed by atoms with E-state index >= 15 is 0 Å². The Bertz CT molecular complexity index is 228. The zero-order valence-corrected chi connectivity index (χ0v) is 10.6. The maximum atomic E-state index is 9.10. The van der Waals surface area contributed by atoms with Crippen LogP contribution in [0.25, 0.3) is 0 Å². The summed E-state index contributed by atoms with van der Waals surface area (Å²) in [6.07, 6.45) is 7.83. The van der Waals surface area contributed by atoms with Crippen molar-refractivity contribution in [1.29, 1.82) is 0 Å². The molecule has 4 N–H and O–H groups in total. The second-order valence-corrected chi connectivity index (χ2v) is 4.96. The van der Waals surface area contributed by atoms with E-state index in [1.807, 2.05) is 6.92 Å². The minimum absolute atomic E-state index is 0.194. The molecule has 0 saturated carbocycles. The SMILES string of the molecule is CCC[C@H](NC(C)CO)C1CC=C(N)CC1. The van der Waals surface area contributed by atoms with Crippen LogP contribution in [0, 0.1) is 5.92 Å². The van der Waals surface area contributed by atoms with Crippen molar-refractivity contribution in [2.24, 2.45) is 11.7 Å². The molecule has 0 fully saturated rings. The van der Waals surface area contributed by atoms with E-state index in [1.165, 1.54) is 19.3 Å². The predicted octanol–water partition coefficient (Wildman–Crippen LogP) is 1.77. The summed E-state index contributed by atoms with van der Waals surface area (Å²) in [5.41, 5.74) is 6.84. The molecular formula is C13H26N2O. The Morgan fingerprint density at radius 2 is 2.38 bits per heavy atom. The van der Waals surface area contributed by atoms with E-state index in [9.17, 15) is 0 Å². The first kappa shape index (κ1) is 13.5. The first-order valence-electron chi connectivity index (χ1n) is 6.48. The molecule has 3 heteroatoms. The minimum Gasteiger partial charge on any atom is -0.402 e. The van der Waals surface area contributed by atoms with Crippen molar-refractivity contribution in [2.45, 2.75) is 58.0 Å². The summed E-state index contributed by atoms with van der Waals surface area (Å²) in [7, 11) is 0. The Balaban J connectivity index is 2.49. The van der Waals surface area contributed by atoms with Gasteiger partial charge < -0.3 is 16.2 Å². The van der Waals surface area contributed by atoms with E-state index < -0.39 is 0 Å². The number of hydrogen-bond donors (Lipinski definition) is 3. The van der Waals surface area contributed by atoms with Crippen molar-refractivity contribution in [1.82, 2.24) is 5.32 Å². The molecule has 1 rings (SSSR count). The number of nitrogens with one attached hydrogen (secondary N) is 1. The van der Waals surface area contributed by atoms with Gasteiger partial charge in [0, 0.05) is 17.8 Å². The minimum atomic E-state index is 0.194. The van der Waals surface area contributed by atoms with Crippen LogP contribution in [0.2, 0.25) is 0 Å². The molecule has 0 amide bonds. The third-order valence-corrected chi connectivity index (χ3v) is 3.43. The molecule has 0 heterocycles. The van der Waals surface area contributed by atoms with Crippen LogP contribution in [0.3, 0.4) is 0 Å². The zero-order chi connectivity index (χ0) is 12.0. The molecule has 0 aromatic rings. The second-order valence-electron chi connectivity index (χ2n) is 4.96. The van der Waals surface area contributed by atoms with Gasteiger partial charge in [0.2, 0.25) is 0 Å². The normalized spacial score (nSPS) is 24.9. The molecule has 2 unspecified atom stereocenters. The smallest absolute Gasteiger partial charge is 0.0582 e. The summed E-state index contributed by atoms with van der Waals surface area (Å²) in [6.45, 7) is 4.46. The molecule has 0 aromatic carbocycles. The standard InChI is InChI=1S/C13H26N2O/c1-3-4-13(15-10(2)9-16)11-5-7-12(14)8-6-11/h7,10-11,13,15-16H,3-6,8-9,14H2,1-2H3/t10?,11?,13-/m0/s1. The number of rotatable bonds is 6. The van der Waals surface area contributed by atoms with Gasteiger partial charge in [-0.05, 0) is 38.5 Å². The molecule has 1 aliphatic rings. The molecule has 0 saturated heterocycles. The predicted molar refractivity (Wildman–Crippen MR) is 68.0 cm³/mol. The fourth-order valence-electron chi connectivity index (χ4n) is 2.42. The number of hydrogen-bond acceptors (Lipinski definition) is 3. The summed E-state index contributed by atoms with van der Waals surface area (Å²) in [6, 6.07) is 0.719. The lowest BCUT2D eigenvalue weighted by atomic mass is 9.84. The van der Waals surface area contributed by atoms with Gasteiger partial charge in [-0.1, -0.05) is 19.4 Å². The van der Waals surface area contributed by atoms with E-state index in [1.54, 1.807) is 0 Å². The average molecular weight is 226 g/mol. The molecule has 1 aliphatic carbocycles. The van der Waals surface area contributed by atoms with Crippen LogP contribution in [0.1, 0.15) is 46.0 Å². The lowest BCUT2D eigenvalue weighted by Crippen LogP contribution is -2.43. The van der Waals surface area contributed by atoms with Crippen LogP contribution in [0.5, 0.6) is 0 Å². The van der Waals surface area contributed by atoms with E-state index in [-0.39, 0.29) is 12.6 Å². The zero-order valence-electron chi connectivity index (χ0n) is 10.6. The summed E-state index contributed by atoms with van der Waals surface area (Å²) >= 11 is 0. The Morgan fingerprint density at radius 1 is 1.62 bits per heavy atom. The summed E-state index contributed by atoms with van der Waals surface area (Å²) in [4.78, 5) is 0. The van der Waals surface area contributed by atoms with Crippen LogP contribution in [0.15, 0.2) is 11.8 Å². The van der Waals surface area contributed by atoms with Gasteiger partial charge in [0.15, 0.2) is 0 Å². The molecule has 0 spiro atoms. The molecule has 0 aliphatic heterocycles. The highest BCUT2D eigenvalue weighted by Crippen LogP contribution is 2.26. The van der Waals surface area contributed by atoms with Crippen molar-refractivity contribution in [3.05, 3.63) is 11.8 Å². The summed E-state index contributed by atoms with van der Waals surface area (Å²) < 4.78 is 0. The van der Waals surface area contributed by atoms with Gasteiger partial charge in [0.05, 0.1) is 6.61 Å². The Labute approximate surface area is 99.1 Å². The van der Waals surface area contributed by atoms with Crippen LogP contribution in [-0.4, -0.2) is 23.8 Å². The van der Waals surface area contributed by atoms with E-state index in [4.69, 9.17) is 10.8 Å². The van der Waals surface area contributed by atoms with Crippen molar-refractivity contribution in [3.8, 4) is 0 Å². The fourth-order valence-corrected chi connectivity index (χ4v) is 2.42. The molecule has 94 valence electrons. The Kier molecular flexibility index (Phi) is 5.85. The highest BCUT2D eigenvalue weighted by molar-refractivity contribution is 5.03. The number of allylic oxidation sites excluding steroid dienone is 2. The first-order valence-corrected chi connectivity index (χ1v) is 6.48. The van der Waals surface area contributed by atoms with E-state index in [0.29, 0.717) is 12.0 Å². The van der Waals surface area contributed by atoms with Gasteiger partial charge >= 0.3 is 0 Å². The molecule has 3 atom stereocenters. The van der Waals surface area contributed by atoms with E-state index in [2.05, 4.69) is 18.3 Å². The number of nitrogens with two attached hydrogens (primary N) is 1. The fraction of sp³-hybridized carbons (Fsp3) is 0.846.